The number of hydrogen-bond donors (Lipinski definition) is 1. The molecule has 8 heteroatoms. The molecule has 6 nitrogen and oxygen atoms in total. The molecule has 2 aromatic carbocycles. The molecule has 140 valence electrons. The van der Waals surface area contributed by atoms with E-state index in [4.69, 9.17) is 0 Å². The van der Waals surface area contributed by atoms with Gasteiger partial charge in [0.25, 0.3) is 5.91 Å². The Morgan fingerprint density at radius 3 is 2.48 bits per heavy atom. The number of hydrogen-bond acceptors (Lipinski definition) is 4. The molecule has 0 aliphatic carbocycles. The van der Waals surface area contributed by atoms with Crippen molar-refractivity contribution in [1.29, 1.82) is 0 Å². The standard InChI is InChI=1S/C19H18FN3O3S/c1-13(14-6-8-17(9-7-14)27(2,25)26)21-19(24)18-10-11-23(22-18)16-5-3-4-15(20)12-16/h3-13H,1-2H3,(H,21,24). The first-order chi connectivity index (χ1) is 12.7. The van der Waals surface area contributed by atoms with Gasteiger partial charge in [-0.1, -0.05) is 18.2 Å². The van der Waals surface area contributed by atoms with Gasteiger partial charge < -0.3 is 5.32 Å². The first kappa shape index (κ1) is 18.8. The van der Waals surface area contributed by atoms with Crippen LogP contribution in [0, 0.1) is 5.82 Å². The summed E-state index contributed by atoms with van der Waals surface area (Å²) in [6.45, 7) is 1.79. The number of rotatable bonds is 5. The smallest absolute Gasteiger partial charge is 0.272 e. The van der Waals surface area contributed by atoms with Crippen molar-refractivity contribution < 1.29 is 17.6 Å². The van der Waals surface area contributed by atoms with Crippen LogP contribution in [0.4, 0.5) is 4.39 Å². The molecule has 0 aliphatic rings. The molecule has 1 heterocycles. The molecular weight excluding hydrogens is 369 g/mol. The van der Waals surface area contributed by atoms with E-state index in [1.54, 1.807) is 43.5 Å². The monoisotopic (exact) mass is 387 g/mol. The number of sulfone groups is 1. The highest BCUT2D eigenvalue weighted by Crippen LogP contribution is 2.17. The van der Waals surface area contributed by atoms with Crippen LogP contribution >= 0.6 is 0 Å². The lowest BCUT2D eigenvalue weighted by atomic mass is 10.1. The van der Waals surface area contributed by atoms with Gasteiger partial charge in [-0.25, -0.2) is 17.5 Å². The lowest BCUT2D eigenvalue weighted by molar-refractivity contribution is 0.0934. The Kier molecular flexibility index (Phi) is 5.09. The van der Waals surface area contributed by atoms with Crippen LogP contribution in [0.1, 0.15) is 29.0 Å². The van der Waals surface area contributed by atoms with E-state index in [9.17, 15) is 17.6 Å². The van der Waals surface area contributed by atoms with Crippen molar-refractivity contribution >= 4 is 15.7 Å². The van der Waals surface area contributed by atoms with Gasteiger partial charge in [-0.05, 0) is 48.9 Å². The molecule has 1 amide bonds. The minimum absolute atomic E-state index is 0.193. The highest BCUT2D eigenvalue weighted by molar-refractivity contribution is 7.90. The lowest BCUT2D eigenvalue weighted by Gasteiger charge is -2.14. The normalized spacial score (nSPS) is 12.6. The number of benzene rings is 2. The Labute approximate surface area is 156 Å². The fourth-order valence-corrected chi connectivity index (χ4v) is 3.20. The number of carbonyl (C=O) groups is 1. The number of carbonyl (C=O) groups excluding carboxylic acids is 1. The molecule has 1 N–H and O–H groups in total. The summed E-state index contributed by atoms with van der Waals surface area (Å²) in [6.07, 6.45) is 2.72. The summed E-state index contributed by atoms with van der Waals surface area (Å²) >= 11 is 0. The van der Waals surface area contributed by atoms with Crippen LogP contribution < -0.4 is 5.32 Å². The van der Waals surface area contributed by atoms with E-state index in [-0.39, 0.29) is 28.4 Å². The lowest BCUT2D eigenvalue weighted by Crippen LogP contribution is -2.27. The van der Waals surface area contributed by atoms with E-state index in [2.05, 4.69) is 10.4 Å². The minimum atomic E-state index is -3.26. The van der Waals surface area contributed by atoms with Gasteiger partial charge in [0, 0.05) is 12.5 Å². The molecule has 0 aliphatic heterocycles. The predicted molar refractivity (Wildman–Crippen MR) is 99.0 cm³/mol. The van der Waals surface area contributed by atoms with E-state index in [0.717, 1.165) is 11.8 Å². The molecule has 0 saturated heterocycles. The van der Waals surface area contributed by atoms with Crippen molar-refractivity contribution in [3.63, 3.8) is 0 Å². The first-order valence-electron chi connectivity index (χ1n) is 8.16. The van der Waals surface area contributed by atoms with Crippen molar-refractivity contribution in [2.45, 2.75) is 17.9 Å². The number of aromatic nitrogens is 2. The second kappa shape index (κ2) is 7.32. The third-order valence-corrected chi connectivity index (χ3v) is 5.18. The van der Waals surface area contributed by atoms with Crippen molar-refractivity contribution in [3.8, 4) is 5.69 Å². The predicted octanol–water partition coefficient (Wildman–Crippen LogP) is 2.91. The molecule has 0 spiro atoms. The summed E-state index contributed by atoms with van der Waals surface area (Å²) < 4.78 is 37.8. The van der Waals surface area contributed by atoms with E-state index in [0.29, 0.717) is 5.69 Å². The Balaban J connectivity index is 1.72. The maximum atomic E-state index is 13.3. The van der Waals surface area contributed by atoms with Gasteiger partial charge in [-0.3, -0.25) is 4.79 Å². The molecule has 27 heavy (non-hydrogen) atoms. The van der Waals surface area contributed by atoms with Crippen molar-refractivity contribution in [2.75, 3.05) is 6.26 Å². The maximum absolute atomic E-state index is 13.3. The van der Waals surface area contributed by atoms with Crippen molar-refractivity contribution in [3.05, 3.63) is 77.9 Å². The van der Waals surface area contributed by atoms with Crippen LogP contribution in [0.2, 0.25) is 0 Å². The Morgan fingerprint density at radius 1 is 1.15 bits per heavy atom. The maximum Gasteiger partial charge on any atom is 0.272 e. The van der Waals surface area contributed by atoms with Gasteiger partial charge in [-0.2, -0.15) is 5.10 Å². The SMILES string of the molecule is CC(NC(=O)c1ccn(-c2cccc(F)c2)n1)c1ccc(S(C)(=O)=O)cc1. The molecule has 1 aromatic heterocycles. The molecule has 0 saturated carbocycles. The zero-order chi connectivity index (χ0) is 19.6. The van der Waals surface area contributed by atoms with Crippen LogP contribution in [0.25, 0.3) is 5.69 Å². The van der Waals surface area contributed by atoms with Crippen LogP contribution in [0.15, 0.2) is 65.7 Å². The molecule has 1 unspecified atom stereocenters. The van der Waals surface area contributed by atoms with E-state index in [1.807, 2.05) is 0 Å². The second-order valence-electron chi connectivity index (χ2n) is 6.16. The average Bonchev–Trinajstić information content (AvgIpc) is 3.11. The van der Waals surface area contributed by atoms with E-state index >= 15 is 0 Å². The summed E-state index contributed by atoms with van der Waals surface area (Å²) in [5.41, 5.74) is 1.47. The Morgan fingerprint density at radius 2 is 1.85 bits per heavy atom. The molecule has 0 bridgehead atoms. The van der Waals surface area contributed by atoms with E-state index < -0.39 is 9.84 Å². The Hall–Kier alpha value is -3.00. The van der Waals surface area contributed by atoms with Crippen LogP contribution in [-0.2, 0) is 9.84 Å². The highest BCUT2D eigenvalue weighted by Gasteiger charge is 2.15. The quantitative estimate of drug-likeness (QED) is 0.730. The minimum Gasteiger partial charge on any atom is -0.344 e. The molecule has 1 atom stereocenters. The molecule has 3 aromatic rings. The third-order valence-electron chi connectivity index (χ3n) is 4.05. The molecule has 3 rings (SSSR count). The van der Waals surface area contributed by atoms with Crippen LogP contribution in [-0.4, -0.2) is 30.4 Å². The zero-order valence-electron chi connectivity index (χ0n) is 14.8. The van der Waals surface area contributed by atoms with Gasteiger partial charge in [0.1, 0.15) is 5.82 Å². The number of nitrogens with one attached hydrogen (secondary N) is 1. The topological polar surface area (TPSA) is 81.1 Å². The number of amides is 1. The number of nitrogens with zero attached hydrogens (tertiary/aromatic N) is 2. The fourth-order valence-electron chi connectivity index (χ4n) is 2.57. The third kappa shape index (κ3) is 4.40. The van der Waals surface area contributed by atoms with Gasteiger partial charge in [0.05, 0.1) is 16.6 Å². The van der Waals surface area contributed by atoms with Gasteiger partial charge in [-0.15, -0.1) is 0 Å². The summed E-state index contributed by atoms with van der Waals surface area (Å²) in [5.74, 6) is -0.773. The summed E-state index contributed by atoms with van der Waals surface area (Å²) in [6, 6.07) is 13.4. The summed E-state index contributed by atoms with van der Waals surface area (Å²) in [7, 11) is -3.26. The van der Waals surface area contributed by atoms with Crippen molar-refractivity contribution in [2.24, 2.45) is 0 Å². The molecular formula is C19H18FN3O3S. The average molecular weight is 387 g/mol. The molecule has 0 radical (unpaired) electrons. The largest absolute Gasteiger partial charge is 0.344 e. The summed E-state index contributed by atoms with van der Waals surface area (Å²) in [5, 5.41) is 6.98. The first-order valence-corrected chi connectivity index (χ1v) is 10.1. The second-order valence-corrected chi connectivity index (χ2v) is 8.18. The van der Waals surface area contributed by atoms with E-state index in [1.165, 1.54) is 28.9 Å². The Bertz CT molecular complexity index is 1080. The number of halogens is 1. The zero-order valence-corrected chi connectivity index (χ0v) is 15.6. The fraction of sp³-hybridized carbons (Fsp3) is 0.158. The van der Waals surface area contributed by atoms with Gasteiger partial charge in [0.2, 0.25) is 0 Å². The van der Waals surface area contributed by atoms with Crippen molar-refractivity contribution in [1.82, 2.24) is 15.1 Å². The van der Waals surface area contributed by atoms with Crippen LogP contribution in [0.5, 0.6) is 0 Å². The van der Waals surface area contributed by atoms with Gasteiger partial charge in [0.15, 0.2) is 15.5 Å². The summed E-state index contributed by atoms with van der Waals surface area (Å²) in [4.78, 5) is 12.6. The molecule has 0 fully saturated rings. The van der Waals surface area contributed by atoms with Crippen LogP contribution in [0.3, 0.4) is 0 Å². The van der Waals surface area contributed by atoms with Gasteiger partial charge >= 0.3 is 0 Å². The highest BCUT2D eigenvalue weighted by atomic mass is 32.2.